The lowest BCUT2D eigenvalue weighted by molar-refractivity contribution is -0.114. The molecule has 0 atom stereocenters. The van der Waals surface area contributed by atoms with Crippen molar-refractivity contribution in [1.29, 1.82) is 0 Å². The summed E-state index contributed by atoms with van der Waals surface area (Å²) in [4.78, 5) is 20.5. The number of benzene rings is 1. The Morgan fingerprint density at radius 1 is 1.26 bits per heavy atom. The lowest BCUT2D eigenvalue weighted by Crippen LogP contribution is -2.35. The highest BCUT2D eigenvalue weighted by atomic mass is 32.1. The van der Waals surface area contributed by atoms with Crippen molar-refractivity contribution in [1.82, 2.24) is 9.88 Å². The minimum atomic E-state index is -0.0320. The Balaban J connectivity index is 1.76. The van der Waals surface area contributed by atoms with E-state index in [9.17, 15) is 4.79 Å². The molecule has 0 aliphatic carbocycles. The number of hydrogen-bond donors (Lipinski definition) is 1. The van der Waals surface area contributed by atoms with E-state index in [0.717, 1.165) is 46.3 Å². The number of aromatic nitrogens is 1. The van der Waals surface area contributed by atoms with Crippen LogP contribution in [0.15, 0.2) is 35.7 Å². The maximum Gasteiger partial charge on any atom is 0.221 e. The number of thiophene rings is 1. The number of nitrogens with one attached hydrogen (secondary N) is 1. The lowest BCUT2D eigenvalue weighted by Gasteiger charge is -2.30. The van der Waals surface area contributed by atoms with Crippen LogP contribution in [0, 0.1) is 0 Å². The number of amides is 1. The zero-order valence-corrected chi connectivity index (χ0v) is 17.4. The third kappa shape index (κ3) is 3.70. The zero-order chi connectivity index (χ0) is 19.0. The molecule has 0 saturated carbocycles. The van der Waals surface area contributed by atoms with E-state index in [4.69, 9.17) is 4.98 Å². The van der Waals surface area contributed by atoms with Gasteiger partial charge in [0.05, 0.1) is 5.69 Å². The molecule has 1 aromatic carbocycles. The zero-order valence-electron chi connectivity index (χ0n) is 15.8. The molecule has 2 aromatic heterocycles. The van der Waals surface area contributed by atoms with E-state index in [0.29, 0.717) is 6.04 Å². The van der Waals surface area contributed by atoms with Crippen LogP contribution in [0.1, 0.15) is 31.2 Å². The molecule has 27 heavy (non-hydrogen) atoms. The molecule has 6 heteroatoms. The summed E-state index contributed by atoms with van der Waals surface area (Å²) in [7, 11) is 0. The molecule has 1 amide bonds. The van der Waals surface area contributed by atoms with Gasteiger partial charge in [0, 0.05) is 47.4 Å². The van der Waals surface area contributed by atoms with Crippen molar-refractivity contribution in [3.8, 4) is 21.8 Å². The first kappa shape index (κ1) is 18.3. The maximum absolute atomic E-state index is 11.8. The van der Waals surface area contributed by atoms with Crippen LogP contribution in [0.2, 0.25) is 0 Å². The quantitative estimate of drug-likeness (QED) is 0.653. The molecule has 140 valence electrons. The molecule has 0 fully saturated rings. The van der Waals surface area contributed by atoms with E-state index < -0.39 is 0 Å². The van der Waals surface area contributed by atoms with E-state index in [2.05, 4.69) is 41.6 Å². The molecule has 3 heterocycles. The van der Waals surface area contributed by atoms with Gasteiger partial charge in [0.15, 0.2) is 0 Å². The number of carbonyl (C=O) groups excluding carboxylic acids is 1. The highest BCUT2D eigenvalue weighted by Gasteiger charge is 2.28. The second-order valence-electron chi connectivity index (χ2n) is 7.11. The third-order valence-corrected chi connectivity index (χ3v) is 6.89. The van der Waals surface area contributed by atoms with Gasteiger partial charge in [-0.2, -0.15) is 0 Å². The van der Waals surface area contributed by atoms with Crippen molar-refractivity contribution in [3.05, 3.63) is 46.2 Å². The second kappa shape index (κ2) is 7.54. The normalized spacial score (nSPS) is 14.4. The number of hydrogen-bond acceptors (Lipinski definition) is 5. The van der Waals surface area contributed by atoms with Gasteiger partial charge in [0.2, 0.25) is 5.91 Å². The molecule has 1 N–H and O–H groups in total. The lowest BCUT2D eigenvalue weighted by atomic mass is 10.0. The molecule has 0 unspecified atom stereocenters. The Morgan fingerprint density at radius 3 is 2.74 bits per heavy atom. The Hall–Kier alpha value is -2.02. The minimum absolute atomic E-state index is 0.0320. The topological polar surface area (TPSA) is 45.2 Å². The molecule has 0 spiro atoms. The predicted molar refractivity (Wildman–Crippen MR) is 114 cm³/mol. The molecule has 1 aliphatic rings. The van der Waals surface area contributed by atoms with Crippen LogP contribution in [0.25, 0.3) is 21.8 Å². The maximum atomic E-state index is 11.8. The molecule has 0 radical (unpaired) electrons. The second-order valence-corrected chi connectivity index (χ2v) is 9.07. The molecule has 0 bridgehead atoms. The molecular weight excluding hydrogens is 374 g/mol. The van der Waals surface area contributed by atoms with Crippen LogP contribution in [0.4, 0.5) is 5.00 Å². The Labute approximate surface area is 167 Å². The van der Waals surface area contributed by atoms with Gasteiger partial charge in [-0.05, 0) is 25.8 Å². The summed E-state index contributed by atoms with van der Waals surface area (Å²) in [5, 5.41) is 7.09. The molecule has 3 aromatic rings. The van der Waals surface area contributed by atoms with E-state index in [1.54, 1.807) is 29.6 Å². The molecular formula is C21H23N3OS2. The number of thiazole rings is 1. The van der Waals surface area contributed by atoms with Crippen LogP contribution >= 0.6 is 22.7 Å². The van der Waals surface area contributed by atoms with Gasteiger partial charge in [-0.25, -0.2) is 4.98 Å². The highest BCUT2D eigenvalue weighted by molar-refractivity contribution is 7.18. The average Bonchev–Trinajstić information content (AvgIpc) is 3.25. The SMILES string of the molecule is CC(=O)Nc1sc2c(c1-c1nc(-c3ccccc3)cs1)CCN(C(C)C)C2. The Morgan fingerprint density at radius 2 is 2.04 bits per heavy atom. The summed E-state index contributed by atoms with van der Waals surface area (Å²) in [5.41, 5.74) is 4.59. The Kier molecular flexibility index (Phi) is 5.12. The highest BCUT2D eigenvalue weighted by Crippen LogP contribution is 2.45. The van der Waals surface area contributed by atoms with Crippen molar-refractivity contribution >= 4 is 33.6 Å². The van der Waals surface area contributed by atoms with Gasteiger partial charge in [-0.1, -0.05) is 30.3 Å². The summed E-state index contributed by atoms with van der Waals surface area (Å²) in [6.45, 7) is 8.04. The summed E-state index contributed by atoms with van der Waals surface area (Å²) < 4.78 is 0. The van der Waals surface area contributed by atoms with Gasteiger partial charge >= 0.3 is 0 Å². The fourth-order valence-electron chi connectivity index (χ4n) is 3.47. The number of carbonyl (C=O) groups is 1. The standard InChI is InChI=1S/C21H23N3OS2/c1-13(2)24-10-9-16-18(11-24)27-21(22-14(3)25)19(16)20-23-17(12-26-20)15-7-5-4-6-8-15/h4-8,12-13H,9-11H2,1-3H3,(H,22,25). The molecule has 1 aliphatic heterocycles. The fourth-order valence-corrected chi connectivity index (χ4v) is 5.76. The van der Waals surface area contributed by atoms with E-state index in [1.165, 1.54) is 10.4 Å². The molecule has 4 nitrogen and oxygen atoms in total. The third-order valence-electron chi connectivity index (χ3n) is 4.89. The van der Waals surface area contributed by atoms with Crippen molar-refractivity contribution in [2.24, 2.45) is 0 Å². The summed E-state index contributed by atoms with van der Waals surface area (Å²) >= 11 is 3.36. The Bertz CT molecular complexity index is 959. The fraction of sp³-hybridized carbons (Fsp3) is 0.333. The smallest absolute Gasteiger partial charge is 0.221 e. The first-order valence-electron chi connectivity index (χ1n) is 9.20. The minimum Gasteiger partial charge on any atom is -0.317 e. The van der Waals surface area contributed by atoms with Crippen LogP contribution in [-0.4, -0.2) is 28.4 Å². The first-order valence-corrected chi connectivity index (χ1v) is 10.9. The van der Waals surface area contributed by atoms with Crippen molar-refractivity contribution < 1.29 is 4.79 Å². The van der Waals surface area contributed by atoms with Gasteiger partial charge in [0.1, 0.15) is 10.0 Å². The monoisotopic (exact) mass is 397 g/mol. The van der Waals surface area contributed by atoms with Crippen LogP contribution in [0.5, 0.6) is 0 Å². The number of fused-ring (bicyclic) bond motifs is 1. The van der Waals surface area contributed by atoms with Gasteiger partial charge in [-0.15, -0.1) is 22.7 Å². The summed E-state index contributed by atoms with van der Waals surface area (Å²) in [6.07, 6.45) is 0.999. The van der Waals surface area contributed by atoms with Crippen LogP contribution < -0.4 is 5.32 Å². The van der Waals surface area contributed by atoms with Crippen molar-refractivity contribution in [3.63, 3.8) is 0 Å². The van der Waals surface area contributed by atoms with E-state index in [1.807, 2.05) is 18.2 Å². The van der Waals surface area contributed by atoms with Crippen LogP contribution in [-0.2, 0) is 17.8 Å². The van der Waals surface area contributed by atoms with Crippen LogP contribution in [0.3, 0.4) is 0 Å². The number of nitrogens with zero attached hydrogens (tertiary/aromatic N) is 2. The van der Waals surface area contributed by atoms with Gasteiger partial charge < -0.3 is 5.32 Å². The number of rotatable bonds is 4. The summed E-state index contributed by atoms with van der Waals surface area (Å²) in [5.74, 6) is -0.0320. The largest absolute Gasteiger partial charge is 0.317 e. The predicted octanol–water partition coefficient (Wildman–Crippen LogP) is 5.26. The van der Waals surface area contributed by atoms with Crippen molar-refractivity contribution in [2.75, 3.05) is 11.9 Å². The van der Waals surface area contributed by atoms with E-state index >= 15 is 0 Å². The molecule has 0 saturated heterocycles. The van der Waals surface area contributed by atoms with Gasteiger partial charge in [-0.3, -0.25) is 9.69 Å². The molecule has 4 rings (SSSR count). The first-order chi connectivity index (χ1) is 13.0. The average molecular weight is 398 g/mol. The van der Waals surface area contributed by atoms with Crippen molar-refractivity contribution in [2.45, 2.75) is 39.8 Å². The van der Waals surface area contributed by atoms with Gasteiger partial charge in [0.25, 0.3) is 0 Å². The number of anilines is 1. The summed E-state index contributed by atoms with van der Waals surface area (Å²) in [6, 6.07) is 10.8. The van der Waals surface area contributed by atoms with E-state index in [-0.39, 0.29) is 5.91 Å².